The van der Waals surface area contributed by atoms with E-state index in [1.54, 1.807) is 7.11 Å². The molecule has 0 aliphatic carbocycles. The van der Waals surface area contributed by atoms with Crippen LogP contribution in [0.3, 0.4) is 0 Å². The molecule has 0 saturated carbocycles. The molecule has 2 nitrogen and oxygen atoms in total. The Morgan fingerprint density at radius 2 is 1.40 bits per heavy atom. The fourth-order valence-electron chi connectivity index (χ4n) is 2.90. The van der Waals surface area contributed by atoms with Crippen LogP contribution in [0.25, 0.3) is 0 Å². The summed E-state index contributed by atoms with van der Waals surface area (Å²) in [6.07, 6.45) is 0. The molecule has 0 bridgehead atoms. The molecule has 1 unspecified atom stereocenters. The van der Waals surface area contributed by atoms with Gasteiger partial charge in [-0.05, 0) is 0 Å². The summed E-state index contributed by atoms with van der Waals surface area (Å²) in [7, 11) is 1.73. The van der Waals surface area contributed by atoms with E-state index in [0.29, 0.717) is 0 Å². The van der Waals surface area contributed by atoms with Gasteiger partial charge in [-0.1, -0.05) is 0 Å². The number of benzene rings is 3. The summed E-state index contributed by atoms with van der Waals surface area (Å²) in [5.41, 5.74) is -0.679. The summed E-state index contributed by atoms with van der Waals surface area (Å²) >= 11 is 3.52. The van der Waals surface area contributed by atoms with Crippen molar-refractivity contribution in [1.82, 2.24) is 5.09 Å². The maximum atomic E-state index is 5.67. The molecule has 0 radical (unpaired) electrons. The summed E-state index contributed by atoms with van der Waals surface area (Å²) in [5, 5.41) is 6.35. The van der Waals surface area contributed by atoms with Gasteiger partial charge in [0.15, 0.2) is 0 Å². The Morgan fingerprint density at radius 1 is 0.840 bits per heavy atom. The normalized spacial score (nSPS) is 14.5. The molecular weight excluding hydrogens is 392 g/mol. The zero-order valence-corrected chi connectivity index (χ0v) is 17.0. The number of ether oxygens (including phenoxy) is 1. The van der Waals surface area contributed by atoms with Crippen LogP contribution in [0.4, 0.5) is 0 Å². The van der Waals surface area contributed by atoms with Crippen molar-refractivity contribution in [1.29, 1.82) is 0 Å². The molecule has 128 valence electrons. The van der Waals surface area contributed by atoms with Gasteiger partial charge in [0.05, 0.1) is 0 Å². The summed E-state index contributed by atoms with van der Waals surface area (Å²) < 4.78 is 5.67. The van der Waals surface area contributed by atoms with Crippen LogP contribution in [0.5, 0.6) is 5.75 Å². The molecular formula is C21H22NOPSe. The van der Waals surface area contributed by atoms with E-state index in [1.165, 1.54) is 16.2 Å². The molecule has 0 amide bonds. The Hall–Kier alpha value is -1.63. The first kappa shape index (κ1) is 18.2. The van der Waals surface area contributed by atoms with Crippen molar-refractivity contribution in [3.63, 3.8) is 0 Å². The molecule has 0 aliphatic rings. The number of nitrogens with one attached hydrogen (secondary N) is 1. The minimum atomic E-state index is -1.95. The van der Waals surface area contributed by atoms with Crippen LogP contribution in [0, 0.1) is 0 Å². The number of methoxy groups -OCH3 is 1. The second-order valence-corrected chi connectivity index (χ2v) is 11.8. The Labute approximate surface area is 157 Å². The van der Waals surface area contributed by atoms with Crippen LogP contribution < -0.4 is 20.4 Å². The second kappa shape index (κ2) is 8.17. The fourth-order valence-corrected chi connectivity index (χ4v) is 8.24. The van der Waals surface area contributed by atoms with Gasteiger partial charge < -0.3 is 0 Å². The Kier molecular flexibility index (Phi) is 5.93. The van der Waals surface area contributed by atoms with Gasteiger partial charge in [0.25, 0.3) is 0 Å². The molecule has 0 fully saturated rings. The number of para-hydroxylation sites is 1. The molecule has 3 rings (SSSR count). The summed E-state index contributed by atoms with van der Waals surface area (Å²) in [4.78, 5) is 0. The minimum absolute atomic E-state index is 0.209. The Morgan fingerprint density at radius 3 is 2.04 bits per heavy atom. The molecule has 2 atom stereocenters. The summed E-state index contributed by atoms with van der Waals surface area (Å²) in [6.45, 7) is 2.21. The quantitative estimate of drug-likeness (QED) is 0.486. The summed E-state index contributed by atoms with van der Waals surface area (Å²) in [6, 6.07) is 29.6. The van der Waals surface area contributed by atoms with Gasteiger partial charge in [0, 0.05) is 0 Å². The molecule has 25 heavy (non-hydrogen) atoms. The SMILES string of the molecule is COc1ccccc1P(=[Se])(N[C@H](C)c1ccccc1)c1ccccc1. The van der Waals surface area contributed by atoms with E-state index in [0.717, 1.165) is 5.75 Å². The molecule has 1 N–H and O–H groups in total. The van der Waals surface area contributed by atoms with E-state index in [2.05, 4.69) is 93.8 Å². The van der Waals surface area contributed by atoms with Gasteiger partial charge in [-0.15, -0.1) is 0 Å². The van der Waals surface area contributed by atoms with Crippen molar-refractivity contribution in [3.05, 3.63) is 90.5 Å². The van der Waals surface area contributed by atoms with Gasteiger partial charge in [-0.3, -0.25) is 0 Å². The molecule has 0 saturated heterocycles. The zero-order valence-electron chi connectivity index (χ0n) is 14.4. The van der Waals surface area contributed by atoms with E-state index in [-0.39, 0.29) is 6.04 Å². The van der Waals surface area contributed by atoms with E-state index >= 15 is 0 Å². The molecule has 4 heteroatoms. The van der Waals surface area contributed by atoms with Gasteiger partial charge in [-0.25, -0.2) is 0 Å². The first-order valence-electron chi connectivity index (χ1n) is 8.27. The molecule has 3 aromatic rings. The van der Waals surface area contributed by atoms with Crippen LogP contribution in [0.1, 0.15) is 18.5 Å². The van der Waals surface area contributed by atoms with Crippen molar-refractivity contribution in [3.8, 4) is 5.75 Å². The molecule has 0 spiro atoms. The van der Waals surface area contributed by atoms with Crippen LogP contribution in [0.2, 0.25) is 0 Å². The van der Waals surface area contributed by atoms with Crippen LogP contribution in [-0.2, 0) is 0 Å². The predicted molar refractivity (Wildman–Crippen MR) is 109 cm³/mol. The average molecular weight is 414 g/mol. The number of rotatable bonds is 6. The third-order valence-electron chi connectivity index (χ3n) is 4.22. The first-order valence-corrected chi connectivity index (χ1v) is 12.3. The van der Waals surface area contributed by atoms with Gasteiger partial charge in [0.1, 0.15) is 0 Å². The predicted octanol–water partition coefficient (Wildman–Crippen LogP) is 4.01. The maximum absolute atomic E-state index is 5.67. The second-order valence-electron chi connectivity index (χ2n) is 5.88. The van der Waals surface area contributed by atoms with Crippen LogP contribution >= 0.6 is 5.66 Å². The van der Waals surface area contributed by atoms with Crippen LogP contribution in [-0.4, -0.2) is 22.2 Å². The van der Waals surface area contributed by atoms with E-state index < -0.39 is 5.66 Å². The standard InChI is InChI=1S/C21H22NOPSe/c1-17(18-11-5-3-6-12-18)22-24(25,19-13-7-4-8-14-19)21-16-10-9-15-20(21)23-2/h3-17H,1-2H3,(H,22,25)/t17-,24?/m1/s1. The molecule has 0 aliphatic heterocycles. The van der Waals surface area contributed by atoms with E-state index in [9.17, 15) is 0 Å². The van der Waals surface area contributed by atoms with Gasteiger partial charge in [0.2, 0.25) is 0 Å². The third kappa shape index (κ3) is 3.97. The average Bonchev–Trinajstić information content (AvgIpc) is 2.69. The van der Waals surface area contributed by atoms with E-state index in [1.807, 2.05) is 18.2 Å². The van der Waals surface area contributed by atoms with Crippen molar-refractivity contribution in [2.75, 3.05) is 7.11 Å². The Balaban J connectivity index is 2.09. The van der Waals surface area contributed by atoms with Crippen molar-refractivity contribution < 1.29 is 4.74 Å². The monoisotopic (exact) mass is 415 g/mol. The fraction of sp³-hybridized carbons (Fsp3) is 0.143. The van der Waals surface area contributed by atoms with Crippen molar-refractivity contribution in [2.24, 2.45) is 0 Å². The number of hydrogen-bond donors (Lipinski definition) is 1. The molecule has 0 aromatic heterocycles. The first-order chi connectivity index (χ1) is 12.1. The van der Waals surface area contributed by atoms with Crippen LogP contribution in [0.15, 0.2) is 84.9 Å². The topological polar surface area (TPSA) is 21.3 Å². The summed E-state index contributed by atoms with van der Waals surface area (Å²) in [5.74, 6) is 0.909. The zero-order chi connectivity index (χ0) is 17.7. The van der Waals surface area contributed by atoms with Gasteiger partial charge in [-0.2, -0.15) is 0 Å². The van der Waals surface area contributed by atoms with Crippen molar-refractivity contribution >= 4 is 31.4 Å². The van der Waals surface area contributed by atoms with Gasteiger partial charge >= 0.3 is 158 Å². The Bertz CT molecular complexity index is 867. The number of hydrogen-bond acceptors (Lipinski definition) is 2. The van der Waals surface area contributed by atoms with E-state index in [4.69, 9.17) is 4.74 Å². The van der Waals surface area contributed by atoms with Crippen molar-refractivity contribution in [2.45, 2.75) is 13.0 Å². The molecule has 0 heterocycles. The molecule has 3 aromatic carbocycles. The third-order valence-corrected chi connectivity index (χ3v) is 10.3.